The van der Waals surface area contributed by atoms with Crippen molar-refractivity contribution in [3.63, 3.8) is 0 Å². The predicted molar refractivity (Wildman–Crippen MR) is 96.7 cm³/mol. The van der Waals surface area contributed by atoms with Crippen molar-refractivity contribution >= 4 is 23.0 Å². The van der Waals surface area contributed by atoms with Crippen LogP contribution in [-0.4, -0.2) is 18.3 Å². The van der Waals surface area contributed by atoms with Gasteiger partial charge in [-0.15, -0.1) is 0 Å². The maximum absolute atomic E-state index is 8.88. The van der Waals surface area contributed by atoms with Gasteiger partial charge in [-0.25, -0.2) is 0 Å². The number of nitrogens with zero attached hydrogens (tertiary/aromatic N) is 1. The fourth-order valence-corrected chi connectivity index (χ4v) is 2.30. The summed E-state index contributed by atoms with van der Waals surface area (Å²) in [5, 5.41) is 15.7. The summed E-state index contributed by atoms with van der Waals surface area (Å²) in [5.74, 6) is 0.888. The second-order valence-electron chi connectivity index (χ2n) is 4.90. The molecule has 0 aliphatic heterocycles. The fourth-order valence-electron chi connectivity index (χ4n) is 2.08. The summed E-state index contributed by atoms with van der Waals surface area (Å²) in [6, 6.07) is 17.4. The normalized spacial score (nSPS) is 9.74. The van der Waals surface area contributed by atoms with Gasteiger partial charge in [0.05, 0.1) is 18.2 Å². The van der Waals surface area contributed by atoms with E-state index in [2.05, 4.69) is 28.8 Å². The van der Waals surface area contributed by atoms with E-state index in [1.54, 1.807) is 12.1 Å². The molecule has 0 aromatic heterocycles. The van der Waals surface area contributed by atoms with Crippen LogP contribution in [0.15, 0.2) is 48.5 Å². The van der Waals surface area contributed by atoms with Gasteiger partial charge in [-0.05, 0) is 61.5 Å². The number of ether oxygens (including phenoxy) is 1. The van der Waals surface area contributed by atoms with Crippen LogP contribution < -0.4 is 15.4 Å². The molecule has 0 spiro atoms. The summed E-state index contributed by atoms with van der Waals surface area (Å²) < 4.78 is 5.42. The second-order valence-corrected chi connectivity index (χ2v) is 5.31. The number of thiocarbonyl (C=S) groups is 1. The summed E-state index contributed by atoms with van der Waals surface area (Å²) in [7, 11) is 0. The monoisotopic (exact) mass is 325 g/mol. The highest BCUT2D eigenvalue weighted by molar-refractivity contribution is 7.80. The van der Waals surface area contributed by atoms with Crippen LogP contribution in [0.1, 0.15) is 18.1 Å². The first-order chi connectivity index (χ1) is 11.2. The van der Waals surface area contributed by atoms with Crippen molar-refractivity contribution in [2.45, 2.75) is 13.3 Å². The Morgan fingerprint density at radius 2 is 2.00 bits per heavy atom. The standard InChI is InChI=1S/C18H19N3OS/c1-2-22-17-8-6-14(7-9-17)10-11-20-18(23)21-16-5-3-4-15(12-16)13-19/h3-9,12H,2,10-11H2,1H3,(H2,20,21,23). The molecule has 2 aromatic carbocycles. The molecule has 0 aliphatic rings. The first-order valence-corrected chi connectivity index (χ1v) is 7.89. The van der Waals surface area contributed by atoms with Crippen LogP contribution in [0.5, 0.6) is 5.75 Å². The molecule has 2 aromatic rings. The van der Waals surface area contributed by atoms with Crippen LogP contribution in [0.2, 0.25) is 0 Å². The Balaban J connectivity index is 1.77. The zero-order valence-electron chi connectivity index (χ0n) is 13.0. The minimum atomic E-state index is 0.547. The second kappa shape index (κ2) is 8.76. The highest BCUT2D eigenvalue weighted by atomic mass is 32.1. The van der Waals surface area contributed by atoms with Crippen molar-refractivity contribution in [2.24, 2.45) is 0 Å². The van der Waals surface area contributed by atoms with Gasteiger partial charge < -0.3 is 15.4 Å². The van der Waals surface area contributed by atoms with E-state index in [0.717, 1.165) is 24.4 Å². The summed E-state index contributed by atoms with van der Waals surface area (Å²) in [5.41, 5.74) is 2.63. The van der Waals surface area contributed by atoms with Crippen molar-refractivity contribution in [1.29, 1.82) is 5.26 Å². The van der Waals surface area contributed by atoms with Crippen LogP contribution in [0.4, 0.5) is 5.69 Å². The molecule has 0 saturated heterocycles. The Hall–Kier alpha value is -2.58. The highest BCUT2D eigenvalue weighted by Gasteiger charge is 2.00. The molecule has 0 aliphatic carbocycles. The molecule has 0 atom stereocenters. The van der Waals surface area contributed by atoms with Gasteiger partial charge in [0.1, 0.15) is 5.75 Å². The molecule has 118 valence electrons. The molecule has 4 nitrogen and oxygen atoms in total. The topological polar surface area (TPSA) is 57.1 Å². The third kappa shape index (κ3) is 5.61. The maximum Gasteiger partial charge on any atom is 0.170 e. The summed E-state index contributed by atoms with van der Waals surface area (Å²) in [6.45, 7) is 3.38. The number of nitrogens with one attached hydrogen (secondary N) is 2. The lowest BCUT2D eigenvalue weighted by Gasteiger charge is -2.11. The van der Waals surface area contributed by atoms with Crippen molar-refractivity contribution < 1.29 is 4.74 Å². The first kappa shape index (κ1) is 16.8. The third-order valence-electron chi connectivity index (χ3n) is 3.18. The molecule has 2 N–H and O–H groups in total. The SMILES string of the molecule is CCOc1ccc(CCNC(=S)Nc2cccc(C#N)c2)cc1. The molecule has 0 radical (unpaired) electrons. The van der Waals surface area contributed by atoms with Crippen LogP contribution >= 0.6 is 12.2 Å². The Morgan fingerprint density at radius 1 is 1.22 bits per heavy atom. The smallest absolute Gasteiger partial charge is 0.170 e. The lowest BCUT2D eigenvalue weighted by Crippen LogP contribution is -2.30. The van der Waals surface area contributed by atoms with Crippen molar-refractivity contribution in [3.05, 3.63) is 59.7 Å². The van der Waals surface area contributed by atoms with Gasteiger partial charge in [0, 0.05) is 12.2 Å². The largest absolute Gasteiger partial charge is 0.494 e. The third-order valence-corrected chi connectivity index (χ3v) is 3.43. The Kier molecular flexibility index (Phi) is 6.40. The average molecular weight is 325 g/mol. The van der Waals surface area contributed by atoms with Crippen LogP contribution in [0.25, 0.3) is 0 Å². The molecule has 0 amide bonds. The summed E-state index contributed by atoms with van der Waals surface area (Å²) >= 11 is 5.26. The molecule has 0 fully saturated rings. The van der Waals surface area contributed by atoms with Crippen molar-refractivity contribution in [2.75, 3.05) is 18.5 Å². The first-order valence-electron chi connectivity index (χ1n) is 7.48. The van der Waals surface area contributed by atoms with E-state index >= 15 is 0 Å². The van der Waals surface area contributed by atoms with E-state index in [9.17, 15) is 0 Å². The molecule has 2 rings (SSSR count). The Morgan fingerprint density at radius 3 is 2.70 bits per heavy atom. The number of hydrogen-bond donors (Lipinski definition) is 2. The zero-order chi connectivity index (χ0) is 16.5. The van der Waals surface area contributed by atoms with Crippen LogP contribution in [0, 0.1) is 11.3 Å². The Labute approximate surface area is 142 Å². The molecular formula is C18H19N3OS. The molecule has 5 heteroatoms. The number of anilines is 1. The number of nitriles is 1. The van der Waals surface area contributed by atoms with E-state index in [0.29, 0.717) is 17.3 Å². The number of benzene rings is 2. The van der Waals surface area contributed by atoms with E-state index in [1.807, 2.05) is 31.2 Å². The molecule has 0 saturated carbocycles. The van der Waals surface area contributed by atoms with Crippen LogP contribution in [-0.2, 0) is 6.42 Å². The molecule has 0 heterocycles. The van der Waals surface area contributed by atoms with Gasteiger partial charge in [0.25, 0.3) is 0 Å². The van der Waals surface area contributed by atoms with Crippen molar-refractivity contribution in [3.8, 4) is 11.8 Å². The fraction of sp³-hybridized carbons (Fsp3) is 0.222. The van der Waals surface area contributed by atoms with E-state index in [-0.39, 0.29) is 0 Å². The number of hydrogen-bond acceptors (Lipinski definition) is 3. The lowest BCUT2D eigenvalue weighted by atomic mass is 10.1. The van der Waals surface area contributed by atoms with Gasteiger partial charge in [0.2, 0.25) is 0 Å². The molecule has 23 heavy (non-hydrogen) atoms. The quantitative estimate of drug-likeness (QED) is 0.796. The van der Waals surface area contributed by atoms with E-state index in [1.165, 1.54) is 5.56 Å². The van der Waals surface area contributed by atoms with Gasteiger partial charge in [-0.2, -0.15) is 5.26 Å². The van der Waals surface area contributed by atoms with Gasteiger partial charge in [0.15, 0.2) is 5.11 Å². The lowest BCUT2D eigenvalue weighted by molar-refractivity contribution is 0.340. The summed E-state index contributed by atoms with van der Waals surface area (Å²) in [6.07, 6.45) is 0.868. The van der Waals surface area contributed by atoms with Crippen molar-refractivity contribution in [1.82, 2.24) is 5.32 Å². The zero-order valence-corrected chi connectivity index (χ0v) is 13.8. The molecule has 0 unspecified atom stereocenters. The molecular weight excluding hydrogens is 306 g/mol. The highest BCUT2D eigenvalue weighted by Crippen LogP contribution is 2.12. The molecule has 0 bridgehead atoms. The number of rotatable bonds is 6. The maximum atomic E-state index is 8.88. The predicted octanol–water partition coefficient (Wildman–Crippen LogP) is 3.49. The van der Waals surface area contributed by atoms with Crippen LogP contribution in [0.3, 0.4) is 0 Å². The minimum absolute atomic E-state index is 0.547. The van der Waals surface area contributed by atoms with Gasteiger partial charge in [-0.1, -0.05) is 18.2 Å². The average Bonchev–Trinajstić information content (AvgIpc) is 2.57. The van der Waals surface area contributed by atoms with E-state index < -0.39 is 0 Å². The van der Waals surface area contributed by atoms with Gasteiger partial charge in [-0.3, -0.25) is 0 Å². The van der Waals surface area contributed by atoms with E-state index in [4.69, 9.17) is 22.2 Å². The minimum Gasteiger partial charge on any atom is -0.494 e. The van der Waals surface area contributed by atoms with Gasteiger partial charge >= 0.3 is 0 Å². The summed E-state index contributed by atoms with van der Waals surface area (Å²) in [4.78, 5) is 0. The Bertz CT molecular complexity index is 692.